The first-order valence-corrected chi connectivity index (χ1v) is 4.89. The van der Waals surface area contributed by atoms with Crippen molar-refractivity contribution in [1.82, 2.24) is 5.32 Å². The van der Waals surface area contributed by atoms with Gasteiger partial charge in [-0.25, -0.2) is 4.39 Å². The van der Waals surface area contributed by atoms with Crippen LogP contribution in [0.25, 0.3) is 0 Å². The Morgan fingerprint density at radius 2 is 2.00 bits per heavy atom. The van der Waals surface area contributed by atoms with Crippen LogP contribution in [0.2, 0.25) is 0 Å². The van der Waals surface area contributed by atoms with E-state index in [-0.39, 0.29) is 17.6 Å². The first-order chi connectivity index (χ1) is 6.72. The lowest BCUT2D eigenvalue weighted by molar-refractivity contribution is -0.355. The van der Waals surface area contributed by atoms with E-state index in [0.29, 0.717) is 13.0 Å². The molecule has 0 heterocycles. The van der Waals surface area contributed by atoms with Crippen molar-refractivity contribution < 1.29 is 20.8 Å². The van der Waals surface area contributed by atoms with Crippen LogP contribution in [0, 0.1) is 17.4 Å². The van der Waals surface area contributed by atoms with Crippen molar-refractivity contribution in [3.8, 4) is 0 Å². The molecule has 0 spiro atoms. The Bertz CT molecular complexity index is 299. The van der Waals surface area contributed by atoms with E-state index in [0.717, 1.165) is 5.56 Å². The van der Waals surface area contributed by atoms with Crippen LogP contribution in [0.1, 0.15) is 5.56 Å². The summed E-state index contributed by atoms with van der Waals surface area (Å²) >= 11 is 4.56. The smallest absolute Gasteiger partial charge is 0.280 e. The van der Waals surface area contributed by atoms with E-state index < -0.39 is 0 Å². The van der Waals surface area contributed by atoms with Crippen molar-refractivity contribution in [3.05, 3.63) is 35.6 Å². The Balaban J connectivity index is 2.31. The van der Waals surface area contributed by atoms with E-state index in [2.05, 4.69) is 16.9 Å². The maximum absolute atomic E-state index is 12.5. The van der Waals surface area contributed by atoms with Crippen LogP contribution in [0.3, 0.4) is 0 Å². The van der Waals surface area contributed by atoms with Gasteiger partial charge in [0.1, 0.15) is 17.4 Å². The maximum Gasteiger partial charge on any atom is 0.280 e. The molecule has 0 aromatic heterocycles. The molecular formula is C10H12ClFNO+. The van der Waals surface area contributed by atoms with Gasteiger partial charge < -0.3 is 5.32 Å². The zero-order chi connectivity index (χ0) is 10.4. The number of carbonyl (C=O) groups is 1. The maximum atomic E-state index is 12.5. The number of hydrogen-bond acceptors (Lipinski definition) is 1. The molecule has 0 fully saturated rings. The lowest BCUT2D eigenvalue weighted by Gasteiger charge is -2.01. The van der Waals surface area contributed by atoms with Crippen molar-refractivity contribution in [2.45, 2.75) is 6.42 Å². The average molecular weight is 217 g/mol. The fourth-order valence-electron chi connectivity index (χ4n) is 1.05. The summed E-state index contributed by atoms with van der Waals surface area (Å²) < 4.78 is 12.5. The van der Waals surface area contributed by atoms with Crippen LogP contribution < -0.4 is 5.32 Å². The fourth-order valence-corrected chi connectivity index (χ4v) is 1.15. The lowest BCUT2D eigenvalue weighted by Crippen LogP contribution is -2.27. The number of rotatable bonds is 4. The summed E-state index contributed by atoms with van der Waals surface area (Å²) in [5.41, 5.74) is 0.996. The second-order valence-corrected chi connectivity index (χ2v) is 3.16. The summed E-state index contributed by atoms with van der Waals surface area (Å²) in [5.74, 6) is -0.297. The molecule has 1 aromatic carbocycles. The van der Waals surface area contributed by atoms with Gasteiger partial charge in [0, 0.05) is 6.54 Å². The molecule has 1 N–H and O–H groups in total. The first kappa shape index (κ1) is 11.0. The predicted octanol–water partition coefficient (Wildman–Crippen LogP) is 0.766. The highest BCUT2D eigenvalue weighted by atomic mass is 35.5. The zero-order valence-electron chi connectivity index (χ0n) is 7.63. The monoisotopic (exact) mass is 216 g/mol. The van der Waals surface area contributed by atoms with Gasteiger partial charge in [0.2, 0.25) is 5.88 Å². The van der Waals surface area contributed by atoms with E-state index in [4.69, 9.17) is 0 Å². The van der Waals surface area contributed by atoms with Crippen molar-refractivity contribution in [1.29, 1.82) is 0 Å². The molecule has 0 unspecified atom stereocenters. The minimum Gasteiger partial charge on any atom is -0.351 e. The summed E-state index contributed by atoms with van der Waals surface area (Å²) in [6.07, 6.45) is 0.696. The van der Waals surface area contributed by atoms with Gasteiger partial charge in [-0.1, -0.05) is 12.1 Å². The summed E-state index contributed by atoms with van der Waals surface area (Å²) in [5, 5.41) is 2.66. The molecule has 14 heavy (non-hydrogen) atoms. The van der Waals surface area contributed by atoms with Crippen molar-refractivity contribution in [2.24, 2.45) is 0 Å². The summed E-state index contributed by atoms with van der Waals surface area (Å²) in [7, 11) is 0. The van der Waals surface area contributed by atoms with Crippen LogP contribution in [0.5, 0.6) is 0 Å². The highest BCUT2D eigenvalue weighted by Gasteiger charge is 2.01. The molecule has 76 valence electrons. The Morgan fingerprint density at radius 3 is 2.57 bits per heavy atom. The molecule has 0 bridgehead atoms. The van der Waals surface area contributed by atoms with E-state index in [1.807, 2.05) is 0 Å². The normalized spacial score (nSPS) is 9.86. The van der Waals surface area contributed by atoms with Crippen LogP contribution in [-0.2, 0) is 11.2 Å². The second-order valence-electron chi connectivity index (χ2n) is 2.87. The number of alkyl halides is 1. The second kappa shape index (κ2) is 5.60. The van der Waals surface area contributed by atoms with Crippen LogP contribution >= 0.6 is 0 Å². The number of carbonyl (C=O) groups excluding carboxylic acids is 1. The minimum atomic E-state index is -0.247. The molecule has 0 atom stereocenters. The summed E-state index contributed by atoms with van der Waals surface area (Å²) in [6, 6.07) is 6.22. The molecule has 2 nitrogen and oxygen atoms in total. The van der Waals surface area contributed by atoms with Gasteiger partial charge in [0.25, 0.3) is 5.91 Å². The van der Waals surface area contributed by atoms with Gasteiger partial charge in [-0.2, -0.15) is 0 Å². The molecule has 0 aliphatic carbocycles. The third-order valence-electron chi connectivity index (χ3n) is 1.78. The molecule has 0 aliphatic heterocycles. The molecular weight excluding hydrogens is 205 g/mol. The average Bonchev–Trinajstić information content (AvgIpc) is 2.21. The number of amides is 1. The number of benzene rings is 1. The lowest BCUT2D eigenvalue weighted by atomic mass is 10.1. The topological polar surface area (TPSA) is 29.1 Å². The van der Waals surface area contributed by atoms with Crippen molar-refractivity contribution in [3.63, 3.8) is 0 Å². The molecule has 0 saturated heterocycles. The highest BCUT2D eigenvalue weighted by Crippen LogP contribution is 2.02. The molecule has 1 amide bonds. The SMILES string of the molecule is O=C(C[ClH+])NCCc1ccc(F)cc1. The van der Waals surface area contributed by atoms with Gasteiger partial charge in [-0.3, -0.25) is 4.79 Å². The van der Waals surface area contributed by atoms with Gasteiger partial charge >= 0.3 is 0 Å². The zero-order valence-corrected chi connectivity index (χ0v) is 8.44. The molecule has 4 heteroatoms. The summed E-state index contributed by atoms with van der Waals surface area (Å²) in [4.78, 5) is 10.8. The highest BCUT2D eigenvalue weighted by molar-refractivity contribution is 5.76. The molecule has 0 aliphatic rings. The third-order valence-corrected chi connectivity index (χ3v) is 2.04. The number of hydrogen-bond donors (Lipinski definition) is 1. The van der Waals surface area contributed by atoms with Gasteiger partial charge in [-0.15, -0.1) is 0 Å². The van der Waals surface area contributed by atoms with Gasteiger partial charge in [0.15, 0.2) is 0 Å². The quantitative estimate of drug-likeness (QED) is 0.740. The molecule has 0 saturated carbocycles. The first-order valence-electron chi connectivity index (χ1n) is 4.31. The van der Waals surface area contributed by atoms with E-state index in [1.54, 1.807) is 12.1 Å². The number of halogens is 2. The molecule has 1 rings (SSSR count). The Morgan fingerprint density at radius 1 is 1.36 bits per heavy atom. The minimum absolute atomic E-state index is 0.0867. The molecule has 0 radical (unpaired) electrons. The van der Waals surface area contributed by atoms with Crippen LogP contribution in [0.4, 0.5) is 4.39 Å². The van der Waals surface area contributed by atoms with Crippen molar-refractivity contribution >= 4 is 5.91 Å². The third kappa shape index (κ3) is 3.75. The van der Waals surface area contributed by atoms with E-state index >= 15 is 0 Å². The Kier molecular flexibility index (Phi) is 4.40. The predicted molar refractivity (Wildman–Crippen MR) is 49.4 cm³/mol. The van der Waals surface area contributed by atoms with Gasteiger partial charge in [0.05, 0.1) is 0 Å². The Labute approximate surface area is 87.1 Å². The number of nitrogens with one attached hydrogen (secondary N) is 1. The van der Waals surface area contributed by atoms with Crippen molar-refractivity contribution in [2.75, 3.05) is 12.4 Å². The fraction of sp³-hybridized carbons (Fsp3) is 0.300. The summed E-state index contributed by atoms with van der Waals surface area (Å²) in [6.45, 7) is 0.543. The Hall–Kier alpha value is -1.09. The molecule has 1 aromatic rings. The standard InChI is InChI=1S/C10H11ClFNO/c11-7-10(14)13-6-5-8-1-3-9(12)4-2-8/h1-4,11H,5-7H2/p+1. The van der Waals surface area contributed by atoms with Gasteiger partial charge in [-0.05, 0) is 24.1 Å². The van der Waals surface area contributed by atoms with E-state index in [9.17, 15) is 9.18 Å². The largest absolute Gasteiger partial charge is 0.351 e. The van der Waals surface area contributed by atoms with Crippen LogP contribution in [0.15, 0.2) is 24.3 Å². The van der Waals surface area contributed by atoms with Crippen LogP contribution in [-0.4, -0.2) is 18.3 Å². The van der Waals surface area contributed by atoms with E-state index in [1.165, 1.54) is 12.1 Å².